The van der Waals surface area contributed by atoms with Crippen LogP contribution in [0.3, 0.4) is 0 Å². The van der Waals surface area contributed by atoms with E-state index in [1.165, 1.54) is 173 Å². The van der Waals surface area contributed by atoms with E-state index in [4.69, 9.17) is 9.47 Å². The van der Waals surface area contributed by atoms with Crippen molar-refractivity contribution in [1.82, 2.24) is 0 Å². The molecule has 1 unspecified atom stereocenters. The van der Waals surface area contributed by atoms with Gasteiger partial charge in [0.25, 0.3) is 0 Å². The molecule has 0 spiro atoms. The third-order valence-corrected chi connectivity index (χ3v) is 9.56. The van der Waals surface area contributed by atoms with E-state index in [9.17, 15) is 14.7 Å². The fourth-order valence-electron chi connectivity index (χ4n) is 6.31. The van der Waals surface area contributed by atoms with Crippen molar-refractivity contribution in [2.45, 2.75) is 238 Å². The Morgan fingerprint density at radius 3 is 1.15 bits per heavy atom. The third-order valence-electron chi connectivity index (χ3n) is 9.56. The Morgan fingerprint density at radius 2 is 0.771 bits per heavy atom. The summed E-state index contributed by atoms with van der Waals surface area (Å²) < 4.78 is 10.6. The number of aliphatic hydroxyl groups is 1. The summed E-state index contributed by atoms with van der Waals surface area (Å²) in [4.78, 5) is 24.3. The number of carbonyl (C=O) groups is 2. The first-order chi connectivity index (χ1) is 23.6. The van der Waals surface area contributed by atoms with Gasteiger partial charge in [-0.1, -0.05) is 193 Å². The van der Waals surface area contributed by atoms with Crippen LogP contribution < -0.4 is 0 Å². The van der Waals surface area contributed by atoms with Crippen LogP contribution in [0.5, 0.6) is 0 Å². The zero-order chi connectivity index (χ0) is 35.0. The summed E-state index contributed by atoms with van der Waals surface area (Å²) in [7, 11) is 0. The van der Waals surface area contributed by atoms with E-state index in [1.54, 1.807) is 0 Å². The van der Waals surface area contributed by atoms with Gasteiger partial charge in [-0.15, -0.1) is 0 Å². The first-order valence-corrected chi connectivity index (χ1v) is 21.2. The number of aliphatic hydroxyl groups excluding tert-OH is 1. The maximum absolute atomic E-state index is 12.2. The molecule has 0 radical (unpaired) electrons. The van der Waals surface area contributed by atoms with E-state index < -0.39 is 6.10 Å². The third kappa shape index (κ3) is 37.5. The minimum Gasteiger partial charge on any atom is -0.462 e. The average Bonchev–Trinajstić information content (AvgIpc) is 3.09. The molecule has 0 aliphatic rings. The highest BCUT2D eigenvalue weighted by Gasteiger charge is 2.16. The molecule has 0 aromatic heterocycles. The van der Waals surface area contributed by atoms with Gasteiger partial charge in [0.15, 0.2) is 6.10 Å². The largest absolute Gasteiger partial charge is 0.462 e. The molecule has 0 fully saturated rings. The Labute approximate surface area is 299 Å². The number of allylic oxidation sites excluding steroid dienone is 2. The van der Waals surface area contributed by atoms with Gasteiger partial charge in [0.05, 0.1) is 6.61 Å². The summed E-state index contributed by atoms with van der Waals surface area (Å²) >= 11 is 0. The van der Waals surface area contributed by atoms with E-state index >= 15 is 0 Å². The summed E-state index contributed by atoms with van der Waals surface area (Å²) in [5.41, 5.74) is 0. The van der Waals surface area contributed by atoms with E-state index in [0.29, 0.717) is 12.8 Å². The molecule has 284 valence electrons. The van der Waals surface area contributed by atoms with E-state index in [2.05, 4.69) is 26.0 Å². The highest BCUT2D eigenvalue weighted by Crippen LogP contribution is 2.16. The van der Waals surface area contributed by atoms with Crippen molar-refractivity contribution in [1.29, 1.82) is 0 Å². The van der Waals surface area contributed by atoms with Crippen molar-refractivity contribution >= 4 is 11.9 Å². The van der Waals surface area contributed by atoms with Gasteiger partial charge >= 0.3 is 11.9 Å². The second-order valence-electron chi connectivity index (χ2n) is 14.4. The highest BCUT2D eigenvalue weighted by molar-refractivity contribution is 5.70. The summed E-state index contributed by atoms with van der Waals surface area (Å²) in [6.07, 6.45) is 45.6. The molecular weight excluding hydrogens is 596 g/mol. The predicted octanol–water partition coefficient (Wildman–Crippen LogP) is 13.3. The van der Waals surface area contributed by atoms with Gasteiger partial charge in [0, 0.05) is 12.8 Å². The molecular formula is C43H82O5. The van der Waals surface area contributed by atoms with Gasteiger partial charge in [-0.05, 0) is 38.5 Å². The topological polar surface area (TPSA) is 72.8 Å². The number of hydrogen-bond donors (Lipinski definition) is 1. The average molecular weight is 679 g/mol. The highest BCUT2D eigenvalue weighted by atomic mass is 16.6. The molecule has 0 aliphatic carbocycles. The molecule has 0 saturated carbocycles. The lowest BCUT2D eigenvalue weighted by atomic mass is 10.0. The summed E-state index contributed by atoms with van der Waals surface area (Å²) in [6, 6.07) is 0. The molecule has 0 bridgehead atoms. The second kappa shape index (κ2) is 40.1. The van der Waals surface area contributed by atoms with E-state index in [0.717, 1.165) is 32.1 Å². The van der Waals surface area contributed by atoms with Crippen LogP contribution in [0.2, 0.25) is 0 Å². The van der Waals surface area contributed by atoms with Gasteiger partial charge in [0.2, 0.25) is 0 Å². The van der Waals surface area contributed by atoms with Crippen molar-refractivity contribution in [2.24, 2.45) is 0 Å². The Balaban J connectivity index is 3.49. The number of ether oxygens (including phenoxy) is 2. The van der Waals surface area contributed by atoms with Gasteiger partial charge < -0.3 is 14.6 Å². The van der Waals surface area contributed by atoms with Crippen molar-refractivity contribution < 1.29 is 24.2 Å². The van der Waals surface area contributed by atoms with Gasteiger partial charge in [-0.2, -0.15) is 0 Å². The van der Waals surface area contributed by atoms with Crippen LogP contribution >= 0.6 is 0 Å². The van der Waals surface area contributed by atoms with Gasteiger partial charge in [0.1, 0.15) is 6.61 Å². The lowest BCUT2D eigenvalue weighted by molar-refractivity contribution is -0.161. The molecule has 0 saturated heterocycles. The van der Waals surface area contributed by atoms with Crippen LogP contribution in [0.25, 0.3) is 0 Å². The molecule has 0 heterocycles. The van der Waals surface area contributed by atoms with Gasteiger partial charge in [-0.3, -0.25) is 9.59 Å². The van der Waals surface area contributed by atoms with E-state index in [1.807, 2.05) is 0 Å². The number of rotatable bonds is 39. The van der Waals surface area contributed by atoms with Gasteiger partial charge in [-0.25, -0.2) is 0 Å². The monoisotopic (exact) mass is 679 g/mol. The molecule has 0 rings (SSSR count). The summed E-state index contributed by atoms with van der Waals surface area (Å²) in [5, 5.41) is 9.56. The summed E-state index contributed by atoms with van der Waals surface area (Å²) in [6.45, 7) is 4.15. The molecule has 0 aromatic carbocycles. The first-order valence-electron chi connectivity index (χ1n) is 21.2. The summed E-state index contributed by atoms with van der Waals surface area (Å²) in [5.74, 6) is -0.583. The molecule has 0 aromatic rings. The maximum Gasteiger partial charge on any atom is 0.306 e. The smallest absolute Gasteiger partial charge is 0.306 e. The molecule has 1 N–H and O–H groups in total. The molecule has 0 aliphatic heterocycles. The van der Waals surface area contributed by atoms with Crippen LogP contribution in [0, 0.1) is 0 Å². The van der Waals surface area contributed by atoms with Crippen LogP contribution in [-0.2, 0) is 19.1 Å². The number of hydrogen-bond acceptors (Lipinski definition) is 5. The zero-order valence-electron chi connectivity index (χ0n) is 32.3. The Morgan fingerprint density at radius 1 is 0.458 bits per heavy atom. The van der Waals surface area contributed by atoms with Crippen molar-refractivity contribution in [3.05, 3.63) is 12.2 Å². The Bertz CT molecular complexity index is 691. The predicted molar refractivity (Wildman–Crippen MR) is 205 cm³/mol. The lowest BCUT2D eigenvalue weighted by Gasteiger charge is -2.15. The molecule has 5 heteroatoms. The van der Waals surface area contributed by atoms with Crippen LogP contribution in [-0.4, -0.2) is 36.4 Å². The van der Waals surface area contributed by atoms with Crippen molar-refractivity contribution in [2.75, 3.05) is 13.2 Å². The standard InChI is InChI=1S/C43H82O5/c1-3-5-7-9-11-13-15-17-19-20-21-22-24-25-27-29-31-33-35-37-42(45)47-40-41(39-44)48-43(46)38-36-34-32-30-28-26-23-18-16-14-12-10-8-6-4-2/h14,16,41,44H,3-13,15,17-40H2,1-2H3. The second-order valence-corrected chi connectivity index (χ2v) is 14.4. The van der Waals surface area contributed by atoms with Crippen molar-refractivity contribution in [3.8, 4) is 0 Å². The number of carbonyl (C=O) groups excluding carboxylic acids is 2. The van der Waals surface area contributed by atoms with Crippen LogP contribution in [0.1, 0.15) is 232 Å². The zero-order valence-corrected chi connectivity index (χ0v) is 32.3. The maximum atomic E-state index is 12.2. The molecule has 1 atom stereocenters. The van der Waals surface area contributed by atoms with Crippen molar-refractivity contribution in [3.63, 3.8) is 0 Å². The fraction of sp³-hybridized carbons (Fsp3) is 0.907. The first kappa shape index (κ1) is 46.6. The SMILES string of the molecule is CCCCCCC=CCCCCCCCCCC(=O)OC(CO)COC(=O)CCCCCCCCCCCCCCCCCCCCC. The van der Waals surface area contributed by atoms with Crippen LogP contribution in [0.4, 0.5) is 0 Å². The molecule has 5 nitrogen and oxygen atoms in total. The quantitative estimate of drug-likeness (QED) is 0.0398. The van der Waals surface area contributed by atoms with E-state index in [-0.39, 0.29) is 25.2 Å². The minimum absolute atomic E-state index is 0.0613. The fourth-order valence-corrected chi connectivity index (χ4v) is 6.31. The number of unbranched alkanes of at least 4 members (excludes halogenated alkanes) is 29. The molecule has 0 amide bonds. The van der Waals surface area contributed by atoms with Crippen LogP contribution in [0.15, 0.2) is 12.2 Å². The normalized spacial score (nSPS) is 12.1. The lowest BCUT2D eigenvalue weighted by Crippen LogP contribution is -2.28. The minimum atomic E-state index is -0.767. The Kier molecular flexibility index (Phi) is 38.9. The number of esters is 2. The molecule has 48 heavy (non-hydrogen) atoms. The Hall–Kier alpha value is -1.36.